The van der Waals surface area contributed by atoms with Crippen molar-refractivity contribution in [2.75, 3.05) is 4.90 Å². The maximum atomic E-state index is 13.9. The van der Waals surface area contributed by atoms with E-state index in [9.17, 15) is 34.4 Å². The molecular formula is C28H18Br2N2O7. The summed E-state index contributed by atoms with van der Waals surface area (Å²) < 4.78 is 0.779. The van der Waals surface area contributed by atoms with E-state index in [1.807, 2.05) is 6.08 Å². The zero-order valence-corrected chi connectivity index (χ0v) is 23.1. The van der Waals surface area contributed by atoms with Crippen molar-refractivity contribution in [1.82, 2.24) is 0 Å². The number of carbonyl (C=O) groups excluding carboxylic acids is 4. The number of aromatic hydroxyl groups is 1. The van der Waals surface area contributed by atoms with E-state index in [1.165, 1.54) is 36.4 Å². The average Bonchev–Trinajstić information content (AvgIpc) is 3.17. The normalized spacial score (nSPS) is 26.2. The molecule has 0 saturated carbocycles. The molecule has 1 N–H and O–H groups in total. The lowest BCUT2D eigenvalue weighted by atomic mass is 9.59. The SMILES string of the molecule is O=C1C=C(Br)C(=O)C2=C1[C@@H](c1cc(Br)ccc1O)C1=CC[C@@H]3C(=O)N(c4ccc([N+](=O)[O-])cc4)C(=O)[C@@H]3[C@@H]1C2. The number of phenols is 1. The van der Waals surface area contributed by atoms with Crippen molar-refractivity contribution < 1.29 is 29.2 Å². The minimum Gasteiger partial charge on any atom is -0.508 e. The summed E-state index contributed by atoms with van der Waals surface area (Å²) in [4.78, 5) is 65.5. The molecule has 2 aromatic carbocycles. The topological polar surface area (TPSA) is 135 Å². The lowest BCUT2D eigenvalue weighted by Crippen LogP contribution is -2.39. The van der Waals surface area contributed by atoms with E-state index < -0.39 is 40.4 Å². The van der Waals surface area contributed by atoms with Gasteiger partial charge in [-0.15, -0.1) is 0 Å². The Hall–Kier alpha value is -3.70. The van der Waals surface area contributed by atoms with Gasteiger partial charge in [-0.3, -0.25) is 34.2 Å². The van der Waals surface area contributed by atoms with Crippen LogP contribution in [0.15, 0.2) is 80.3 Å². The maximum Gasteiger partial charge on any atom is 0.269 e. The van der Waals surface area contributed by atoms with Crippen molar-refractivity contribution in [2.24, 2.45) is 17.8 Å². The Morgan fingerprint density at radius 1 is 0.974 bits per heavy atom. The number of amides is 2. The first kappa shape index (κ1) is 25.6. The van der Waals surface area contributed by atoms with Crippen molar-refractivity contribution in [1.29, 1.82) is 0 Å². The standard InChI is InChI=1S/C28H18Br2N2O7/c29-12-1-8-21(33)18(9-12)23-15-6-7-16-24(17(15)10-19-25(23)22(34)11-20(30)26(19)35)28(37)31(27(16)36)13-2-4-14(5-3-13)32(38)39/h1-6,8-9,11,16-17,23-24,33H,7,10H2/t16-,17+,23+,24-/m0/s1. The highest BCUT2D eigenvalue weighted by Gasteiger charge is 2.57. The Bertz CT molecular complexity index is 1620. The number of rotatable bonds is 3. The number of allylic oxidation sites excluding steroid dienone is 6. The molecule has 1 saturated heterocycles. The number of fused-ring (bicyclic) bond motifs is 3. The summed E-state index contributed by atoms with van der Waals surface area (Å²) >= 11 is 6.61. The monoisotopic (exact) mass is 652 g/mol. The number of halogens is 2. The number of carbonyl (C=O) groups is 4. The zero-order valence-electron chi connectivity index (χ0n) is 20.0. The van der Waals surface area contributed by atoms with Crippen LogP contribution in [0.2, 0.25) is 0 Å². The fourth-order valence-corrected chi connectivity index (χ4v) is 7.12. The molecule has 196 valence electrons. The number of Topliss-reactive ketones (excluding diaryl/α,β-unsaturated/α-hetero) is 1. The third-order valence-electron chi connectivity index (χ3n) is 7.95. The lowest BCUT2D eigenvalue weighted by Gasteiger charge is -2.42. The van der Waals surface area contributed by atoms with Crippen LogP contribution >= 0.6 is 31.9 Å². The quantitative estimate of drug-likeness (QED) is 0.161. The van der Waals surface area contributed by atoms with E-state index in [0.29, 0.717) is 15.6 Å². The first-order valence-electron chi connectivity index (χ1n) is 12.1. The summed E-state index contributed by atoms with van der Waals surface area (Å²) in [6.45, 7) is 0. The van der Waals surface area contributed by atoms with Gasteiger partial charge in [0.25, 0.3) is 5.69 Å². The molecule has 9 nitrogen and oxygen atoms in total. The largest absolute Gasteiger partial charge is 0.508 e. The Labute approximate surface area is 238 Å². The number of ketones is 2. The van der Waals surface area contributed by atoms with E-state index in [4.69, 9.17) is 0 Å². The van der Waals surface area contributed by atoms with Gasteiger partial charge in [0, 0.05) is 45.3 Å². The smallest absolute Gasteiger partial charge is 0.269 e. The molecule has 1 aliphatic heterocycles. The fraction of sp³-hybridized carbons (Fsp3) is 0.214. The molecule has 2 amide bonds. The number of non-ortho nitro benzene ring substituents is 1. The van der Waals surface area contributed by atoms with E-state index in [0.717, 1.165) is 4.90 Å². The van der Waals surface area contributed by atoms with Crippen molar-refractivity contribution >= 4 is 66.6 Å². The van der Waals surface area contributed by atoms with Crippen molar-refractivity contribution in [2.45, 2.75) is 18.8 Å². The second-order valence-corrected chi connectivity index (χ2v) is 11.7. The average molecular weight is 654 g/mol. The number of benzene rings is 2. The van der Waals surface area contributed by atoms with Crippen LogP contribution in [-0.4, -0.2) is 33.4 Å². The number of hydrogen-bond acceptors (Lipinski definition) is 7. The fourth-order valence-electron chi connectivity index (χ4n) is 6.30. The highest BCUT2D eigenvalue weighted by Crippen LogP contribution is 2.56. The number of nitro benzene ring substituents is 1. The Kier molecular flexibility index (Phi) is 6.03. The molecule has 0 spiro atoms. The molecule has 39 heavy (non-hydrogen) atoms. The molecular weight excluding hydrogens is 636 g/mol. The number of anilines is 1. The highest BCUT2D eigenvalue weighted by atomic mass is 79.9. The number of hydrogen-bond donors (Lipinski definition) is 1. The third kappa shape index (κ3) is 3.86. The summed E-state index contributed by atoms with van der Waals surface area (Å²) in [5.74, 6) is -4.49. The zero-order chi connectivity index (χ0) is 27.7. The van der Waals surface area contributed by atoms with Gasteiger partial charge in [-0.2, -0.15) is 0 Å². The minimum atomic E-state index is -0.800. The number of nitrogens with zero attached hydrogens (tertiary/aromatic N) is 2. The Morgan fingerprint density at radius 3 is 2.38 bits per heavy atom. The molecule has 11 heteroatoms. The van der Waals surface area contributed by atoms with E-state index in [1.54, 1.807) is 12.1 Å². The van der Waals surface area contributed by atoms with Gasteiger partial charge in [0.05, 0.1) is 26.9 Å². The minimum absolute atomic E-state index is 0.0612. The van der Waals surface area contributed by atoms with Gasteiger partial charge in [0.1, 0.15) is 5.75 Å². The van der Waals surface area contributed by atoms with Gasteiger partial charge in [-0.25, -0.2) is 0 Å². The van der Waals surface area contributed by atoms with Gasteiger partial charge in [-0.1, -0.05) is 27.6 Å². The molecule has 0 radical (unpaired) electrons. The molecule has 1 fully saturated rings. The Morgan fingerprint density at radius 2 is 1.69 bits per heavy atom. The van der Waals surface area contributed by atoms with E-state index >= 15 is 0 Å². The van der Waals surface area contributed by atoms with Crippen LogP contribution in [-0.2, 0) is 19.2 Å². The van der Waals surface area contributed by atoms with Crippen LogP contribution in [0.3, 0.4) is 0 Å². The van der Waals surface area contributed by atoms with Crippen molar-refractivity contribution in [3.63, 3.8) is 0 Å². The van der Waals surface area contributed by atoms with Gasteiger partial charge in [0.2, 0.25) is 11.8 Å². The van der Waals surface area contributed by atoms with Crippen molar-refractivity contribution in [3.05, 3.63) is 96.0 Å². The summed E-state index contributed by atoms with van der Waals surface area (Å²) in [6.07, 6.45) is 3.42. The molecule has 4 atom stereocenters. The summed E-state index contributed by atoms with van der Waals surface area (Å²) in [6, 6.07) is 10.1. The molecule has 3 aliphatic carbocycles. The molecule has 2 aromatic rings. The van der Waals surface area contributed by atoms with Crippen LogP contribution in [0, 0.1) is 27.9 Å². The van der Waals surface area contributed by atoms with Gasteiger partial charge < -0.3 is 5.11 Å². The van der Waals surface area contributed by atoms with Crippen molar-refractivity contribution in [3.8, 4) is 5.75 Å². The second kappa shape index (κ2) is 9.20. The molecule has 0 unspecified atom stereocenters. The van der Waals surface area contributed by atoms with Crippen LogP contribution in [0.5, 0.6) is 5.75 Å². The molecule has 6 rings (SSSR count). The summed E-state index contributed by atoms with van der Waals surface area (Å²) in [5, 5.41) is 21.9. The lowest BCUT2D eigenvalue weighted by molar-refractivity contribution is -0.384. The predicted octanol–water partition coefficient (Wildman–Crippen LogP) is 5.03. The van der Waals surface area contributed by atoms with E-state index in [2.05, 4.69) is 31.9 Å². The number of nitro groups is 1. The summed E-state index contributed by atoms with van der Waals surface area (Å²) in [7, 11) is 0. The van der Waals surface area contributed by atoms with Gasteiger partial charge in [-0.05, 0) is 65.0 Å². The van der Waals surface area contributed by atoms with E-state index in [-0.39, 0.29) is 57.2 Å². The molecule has 0 aromatic heterocycles. The third-order valence-corrected chi connectivity index (χ3v) is 9.03. The molecule has 4 aliphatic rings. The number of imide groups is 1. The van der Waals surface area contributed by atoms with Crippen LogP contribution in [0.25, 0.3) is 0 Å². The number of phenolic OH excluding ortho intramolecular Hbond substituents is 1. The van der Waals surface area contributed by atoms with Crippen LogP contribution in [0.1, 0.15) is 24.3 Å². The first-order valence-corrected chi connectivity index (χ1v) is 13.7. The Balaban J connectivity index is 1.47. The highest BCUT2D eigenvalue weighted by molar-refractivity contribution is 9.12. The molecule has 0 bridgehead atoms. The maximum absolute atomic E-state index is 13.9. The second-order valence-electron chi connectivity index (χ2n) is 9.88. The van der Waals surface area contributed by atoms with Crippen LogP contribution < -0.4 is 4.90 Å². The van der Waals surface area contributed by atoms with Gasteiger partial charge in [0.15, 0.2) is 11.6 Å². The summed E-state index contributed by atoms with van der Waals surface area (Å²) in [5.41, 5.74) is 1.72. The first-order chi connectivity index (χ1) is 18.6. The van der Waals surface area contributed by atoms with Gasteiger partial charge >= 0.3 is 0 Å². The van der Waals surface area contributed by atoms with Crippen LogP contribution in [0.4, 0.5) is 11.4 Å². The molecule has 1 heterocycles. The predicted molar refractivity (Wildman–Crippen MR) is 146 cm³/mol.